The van der Waals surface area contributed by atoms with Crippen molar-refractivity contribution in [3.8, 4) is 0 Å². The highest BCUT2D eigenvalue weighted by atomic mass is 32.1. The van der Waals surface area contributed by atoms with E-state index in [0.29, 0.717) is 18.0 Å². The van der Waals surface area contributed by atoms with Gasteiger partial charge in [0.2, 0.25) is 0 Å². The van der Waals surface area contributed by atoms with Gasteiger partial charge in [-0.25, -0.2) is 4.79 Å². The van der Waals surface area contributed by atoms with Crippen molar-refractivity contribution in [3.63, 3.8) is 0 Å². The van der Waals surface area contributed by atoms with Crippen LogP contribution in [-0.4, -0.2) is 31.2 Å². The van der Waals surface area contributed by atoms with Crippen LogP contribution in [0, 0.1) is 13.8 Å². The van der Waals surface area contributed by atoms with E-state index in [4.69, 9.17) is 4.74 Å². The van der Waals surface area contributed by atoms with Gasteiger partial charge in [-0.3, -0.25) is 9.69 Å². The van der Waals surface area contributed by atoms with Crippen molar-refractivity contribution in [2.45, 2.75) is 40.2 Å². The summed E-state index contributed by atoms with van der Waals surface area (Å²) >= 11 is 1.51. The normalized spacial score (nSPS) is 15.9. The summed E-state index contributed by atoms with van der Waals surface area (Å²) in [6, 6.07) is 13.8. The van der Waals surface area contributed by atoms with Gasteiger partial charge in [0, 0.05) is 11.2 Å². The monoisotopic (exact) mass is 422 g/mol. The molecule has 0 saturated heterocycles. The summed E-state index contributed by atoms with van der Waals surface area (Å²) in [7, 11) is 0. The van der Waals surface area contributed by atoms with Gasteiger partial charge in [0.1, 0.15) is 0 Å². The van der Waals surface area contributed by atoms with Gasteiger partial charge in [-0.15, -0.1) is 11.3 Å². The number of ether oxygens (including phenoxy) is 1. The Morgan fingerprint density at radius 2 is 1.77 bits per heavy atom. The molecule has 30 heavy (non-hydrogen) atoms. The fourth-order valence-electron chi connectivity index (χ4n) is 3.95. The van der Waals surface area contributed by atoms with E-state index >= 15 is 0 Å². The first kappa shape index (κ1) is 20.4. The molecule has 0 fully saturated rings. The van der Waals surface area contributed by atoms with Crippen molar-refractivity contribution in [2.75, 3.05) is 23.0 Å². The predicted molar refractivity (Wildman–Crippen MR) is 123 cm³/mol. The van der Waals surface area contributed by atoms with Crippen molar-refractivity contribution in [2.24, 2.45) is 0 Å². The van der Waals surface area contributed by atoms with E-state index in [2.05, 4.69) is 0 Å². The third-order valence-corrected chi connectivity index (χ3v) is 6.82. The second-order valence-corrected chi connectivity index (χ2v) is 8.70. The molecule has 0 saturated carbocycles. The average molecular weight is 423 g/mol. The number of hydrogen-bond donors (Lipinski definition) is 0. The van der Waals surface area contributed by atoms with E-state index < -0.39 is 0 Å². The molecule has 0 radical (unpaired) electrons. The Hall–Kier alpha value is -2.86. The van der Waals surface area contributed by atoms with Crippen LogP contribution in [0.3, 0.4) is 0 Å². The zero-order chi connectivity index (χ0) is 21.4. The van der Waals surface area contributed by atoms with Crippen LogP contribution < -0.4 is 9.80 Å². The molecule has 2 heterocycles. The summed E-state index contributed by atoms with van der Waals surface area (Å²) in [5.74, 6) is -0.0253. The molecule has 1 aliphatic heterocycles. The van der Waals surface area contributed by atoms with Crippen molar-refractivity contribution in [3.05, 3.63) is 58.5 Å². The van der Waals surface area contributed by atoms with Gasteiger partial charge in [0.25, 0.3) is 5.91 Å². The van der Waals surface area contributed by atoms with Crippen molar-refractivity contribution < 1.29 is 14.3 Å². The van der Waals surface area contributed by atoms with Crippen LogP contribution in [-0.2, 0) is 4.74 Å². The van der Waals surface area contributed by atoms with E-state index in [1.807, 2.05) is 68.1 Å². The fraction of sp³-hybridized carbons (Fsp3) is 0.333. The minimum atomic E-state index is -0.359. The Kier molecular flexibility index (Phi) is 5.52. The zero-order valence-corrected chi connectivity index (χ0v) is 18.6. The van der Waals surface area contributed by atoms with E-state index in [1.165, 1.54) is 11.3 Å². The summed E-state index contributed by atoms with van der Waals surface area (Å²) < 4.78 is 6.44. The second-order valence-electron chi connectivity index (χ2n) is 7.62. The van der Waals surface area contributed by atoms with Crippen molar-refractivity contribution >= 4 is 44.8 Å². The molecule has 3 aromatic rings. The Morgan fingerprint density at radius 3 is 2.43 bits per heavy atom. The Labute approximate surface area is 180 Å². The molecule has 5 nitrogen and oxygen atoms in total. The fourth-order valence-corrected chi connectivity index (χ4v) is 4.96. The minimum Gasteiger partial charge on any atom is -0.449 e. The molecule has 4 rings (SSSR count). The second kappa shape index (κ2) is 8.11. The molecule has 0 N–H and O–H groups in total. The SMILES string of the molecule is CCOC(=O)N1c2cc(C)c(C)cc2N(C(=O)c2cc3ccccc3s2)CC1CC. The predicted octanol–water partition coefficient (Wildman–Crippen LogP) is 5.92. The van der Waals surface area contributed by atoms with E-state index in [-0.39, 0.29) is 18.0 Å². The minimum absolute atomic E-state index is 0.0253. The van der Waals surface area contributed by atoms with E-state index in [9.17, 15) is 9.59 Å². The molecule has 0 spiro atoms. The number of thiophene rings is 1. The molecule has 1 aliphatic rings. The number of rotatable bonds is 3. The number of carbonyl (C=O) groups is 2. The maximum atomic E-state index is 13.6. The van der Waals surface area contributed by atoms with Crippen LogP contribution in [0.15, 0.2) is 42.5 Å². The number of carbonyl (C=O) groups excluding carboxylic acids is 2. The highest BCUT2D eigenvalue weighted by Crippen LogP contribution is 2.40. The lowest BCUT2D eigenvalue weighted by molar-refractivity contribution is 0.0985. The molecule has 1 unspecified atom stereocenters. The summed E-state index contributed by atoms with van der Waals surface area (Å²) in [4.78, 5) is 30.6. The van der Waals surface area contributed by atoms with Crippen LogP contribution in [0.2, 0.25) is 0 Å². The maximum Gasteiger partial charge on any atom is 0.414 e. The van der Waals surface area contributed by atoms with Gasteiger partial charge in [-0.2, -0.15) is 0 Å². The molecule has 6 heteroatoms. The Morgan fingerprint density at radius 1 is 1.07 bits per heavy atom. The van der Waals surface area contributed by atoms with Gasteiger partial charge < -0.3 is 9.64 Å². The molecule has 1 atom stereocenters. The molecule has 0 bridgehead atoms. The van der Waals surface area contributed by atoms with Crippen LogP contribution >= 0.6 is 11.3 Å². The van der Waals surface area contributed by atoms with Crippen LogP contribution in [0.1, 0.15) is 41.1 Å². The van der Waals surface area contributed by atoms with Gasteiger partial charge in [-0.1, -0.05) is 25.1 Å². The Bertz CT molecular complexity index is 1090. The standard InChI is InChI=1S/C24H26N2O3S/c1-5-18-14-25(23(27)22-13-17-9-7-8-10-21(17)30-22)19-11-15(3)16(4)12-20(19)26(18)24(28)29-6-2/h7-13,18H,5-6,14H2,1-4H3. The zero-order valence-electron chi connectivity index (χ0n) is 17.8. The first-order valence-corrected chi connectivity index (χ1v) is 11.1. The summed E-state index contributed by atoms with van der Waals surface area (Å²) in [6.45, 7) is 8.64. The third-order valence-electron chi connectivity index (χ3n) is 5.72. The van der Waals surface area contributed by atoms with E-state index in [0.717, 1.165) is 39.0 Å². The summed E-state index contributed by atoms with van der Waals surface area (Å²) in [5, 5.41) is 1.07. The number of hydrogen-bond acceptors (Lipinski definition) is 4. The number of nitrogens with zero attached hydrogens (tertiary/aromatic N) is 2. The van der Waals surface area contributed by atoms with Crippen molar-refractivity contribution in [1.82, 2.24) is 0 Å². The maximum absolute atomic E-state index is 13.6. The Balaban J connectivity index is 1.82. The summed E-state index contributed by atoms with van der Waals surface area (Å²) in [5.41, 5.74) is 3.66. The average Bonchev–Trinajstić information content (AvgIpc) is 3.17. The van der Waals surface area contributed by atoms with E-state index in [1.54, 1.807) is 11.8 Å². The smallest absolute Gasteiger partial charge is 0.414 e. The molecule has 2 aromatic carbocycles. The largest absolute Gasteiger partial charge is 0.449 e. The number of benzene rings is 2. The van der Waals surface area contributed by atoms with Gasteiger partial charge in [0.15, 0.2) is 0 Å². The molecule has 156 valence electrons. The number of amides is 2. The lowest BCUT2D eigenvalue weighted by atomic mass is 10.0. The highest BCUT2D eigenvalue weighted by molar-refractivity contribution is 7.20. The summed E-state index contributed by atoms with van der Waals surface area (Å²) in [6.07, 6.45) is 0.365. The molecular weight excluding hydrogens is 396 g/mol. The van der Waals surface area contributed by atoms with Crippen LogP contribution in [0.25, 0.3) is 10.1 Å². The topological polar surface area (TPSA) is 49.9 Å². The number of fused-ring (bicyclic) bond motifs is 2. The first-order valence-electron chi connectivity index (χ1n) is 10.3. The quantitative estimate of drug-likeness (QED) is 0.526. The third kappa shape index (κ3) is 3.45. The van der Waals surface area contributed by atoms with Crippen molar-refractivity contribution in [1.29, 1.82) is 0 Å². The molecule has 0 aliphatic carbocycles. The van der Waals surface area contributed by atoms with Crippen LogP contribution in [0.5, 0.6) is 0 Å². The first-order chi connectivity index (χ1) is 14.4. The molecule has 1 aromatic heterocycles. The lowest BCUT2D eigenvalue weighted by Crippen LogP contribution is -2.53. The number of anilines is 2. The van der Waals surface area contributed by atoms with Crippen LogP contribution in [0.4, 0.5) is 16.2 Å². The number of aryl methyl sites for hydroxylation is 2. The molecular formula is C24H26N2O3S. The van der Waals surface area contributed by atoms with Gasteiger partial charge in [0.05, 0.1) is 28.9 Å². The highest BCUT2D eigenvalue weighted by Gasteiger charge is 2.38. The molecule has 2 amide bonds. The lowest BCUT2D eigenvalue weighted by Gasteiger charge is -2.41. The van der Waals surface area contributed by atoms with Gasteiger partial charge >= 0.3 is 6.09 Å². The van der Waals surface area contributed by atoms with Gasteiger partial charge in [-0.05, 0) is 68.0 Å².